The lowest BCUT2D eigenvalue weighted by Gasteiger charge is -2.30. The van der Waals surface area contributed by atoms with E-state index in [1.807, 2.05) is 0 Å². The van der Waals surface area contributed by atoms with Gasteiger partial charge in [0.05, 0.1) is 5.69 Å². The van der Waals surface area contributed by atoms with Crippen molar-refractivity contribution in [1.82, 2.24) is 0 Å². The summed E-state index contributed by atoms with van der Waals surface area (Å²) in [7, 11) is 0. The van der Waals surface area contributed by atoms with Gasteiger partial charge in [-0.15, -0.1) is 0 Å². The quantitative estimate of drug-likeness (QED) is 0.164. The molecule has 1 nitrogen and oxygen atoms in total. The van der Waals surface area contributed by atoms with Crippen molar-refractivity contribution in [3.63, 3.8) is 0 Å². The Balaban J connectivity index is 1.12. The van der Waals surface area contributed by atoms with Crippen LogP contribution in [-0.2, 0) is 10.8 Å². The lowest BCUT2D eigenvalue weighted by molar-refractivity contribution is 0.455. The Morgan fingerprint density at radius 1 is 0.404 bits per heavy atom. The maximum absolute atomic E-state index is 2.51. The van der Waals surface area contributed by atoms with Gasteiger partial charge in [-0.1, -0.05) is 187 Å². The highest BCUT2D eigenvalue weighted by Gasteiger charge is 2.40. The number of hydrogen-bond donors (Lipinski definition) is 0. The van der Waals surface area contributed by atoms with Crippen molar-refractivity contribution in [3.05, 3.63) is 186 Å². The van der Waals surface area contributed by atoms with Crippen LogP contribution in [0.3, 0.4) is 0 Å². The van der Waals surface area contributed by atoms with Gasteiger partial charge in [0.1, 0.15) is 0 Å². The predicted molar refractivity (Wildman–Crippen MR) is 242 cm³/mol. The molecule has 3 aliphatic carbocycles. The first-order valence-electron chi connectivity index (χ1n) is 21.4. The van der Waals surface area contributed by atoms with Gasteiger partial charge in [-0.3, -0.25) is 0 Å². The van der Waals surface area contributed by atoms with E-state index in [4.69, 9.17) is 0 Å². The minimum atomic E-state index is -0.182. The van der Waals surface area contributed by atoms with Gasteiger partial charge in [-0.2, -0.15) is 0 Å². The van der Waals surface area contributed by atoms with Crippen LogP contribution in [0.1, 0.15) is 106 Å². The molecule has 0 radical (unpaired) electrons. The molecule has 0 unspecified atom stereocenters. The molecule has 0 aliphatic heterocycles. The molecule has 282 valence electrons. The first-order valence-corrected chi connectivity index (χ1v) is 21.4. The van der Waals surface area contributed by atoms with Crippen molar-refractivity contribution in [3.8, 4) is 44.5 Å². The third-order valence-electron chi connectivity index (χ3n) is 13.8. The van der Waals surface area contributed by atoms with E-state index in [1.54, 1.807) is 0 Å². The largest absolute Gasteiger partial charge is 0.310 e. The Labute approximate surface area is 340 Å². The van der Waals surface area contributed by atoms with Crippen LogP contribution < -0.4 is 4.90 Å². The molecule has 1 fully saturated rings. The normalized spacial score (nSPS) is 16.5. The van der Waals surface area contributed by atoms with E-state index < -0.39 is 0 Å². The summed E-state index contributed by atoms with van der Waals surface area (Å²) in [5.74, 6) is 0.656. The molecule has 1 saturated carbocycles. The van der Waals surface area contributed by atoms with Crippen LogP contribution in [0.5, 0.6) is 0 Å². The van der Waals surface area contributed by atoms with Gasteiger partial charge in [-0.05, 0) is 116 Å². The van der Waals surface area contributed by atoms with E-state index in [9.17, 15) is 0 Å². The summed E-state index contributed by atoms with van der Waals surface area (Å²) in [6.07, 6.45) is 9.44. The monoisotopic (exact) mass is 739 g/mol. The standard InChI is InChI=1S/C56H53N/c1-55(2)48-27-15-13-24-46(48)53-44(25-17-28-49(53)55)45-26-18-29-50-54(45)47-36-35-42(37-51(47)56(50,3)4)57(52-30-16-14-23-43(52)40-21-11-8-12-22-40)41-33-31-39(32-34-41)38-19-9-6-5-7-10-20-38/h8,11-18,21-38H,5-7,9-10,19-20H2,1-4H3. The molecule has 0 heterocycles. The first kappa shape index (κ1) is 35.7. The fraction of sp³-hybridized carbons (Fsp3) is 0.250. The van der Waals surface area contributed by atoms with Crippen molar-refractivity contribution in [2.24, 2.45) is 0 Å². The Bertz CT molecular complexity index is 2600. The van der Waals surface area contributed by atoms with E-state index in [0.29, 0.717) is 5.92 Å². The average Bonchev–Trinajstić information content (AvgIpc) is 3.61. The second-order valence-electron chi connectivity index (χ2n) is 17.8. The van der Waals surface area contributed by atoms with Gasteiger partial charge in [0.2, 0.25) is 0 Å². The summed E-state index contributed by atoms with van der Waals surface area (Å²) in [5.41, 5.74) is 21.0. The summed E-state index contributed by atoms with van der Waals surface area (Å²) >= 11 is 0. The number of fused-ring (bicyclic) bond motifs is 6. The molecule has 0 aromatic heterocycles. The van der Waals surface area contributed by atoms with Gasteiger partial charge in [-0.25, -0.2) is 0 Å². The molecule has 0 saturated heterocycles. The van der Waals surface area contributed by atoms with Crippen LogP contribution in [0.4, 0.5) is 17.1 Å². The number of para-hydroxylation sites is 1. The summed E-state index contributed by atoms with van der Waals surface area (Å²) in [6, 6.07) is 59.8. The van der Waals surface area contributed by atoms with Crippen LogP contribution in [0.15, 0.2) is 158 Å². The van der Waals surface area contributed by atoms with Crippen molar-refractivity contribution in [2.75, 3.05) is 4.90 Å². The molecule has 57 heavy (non-hydrogen) atoms. The molecular formula is C56H53N. The Morgan fingerprint density at radius 3 is 1.60 bits per heavy atom. The Morgan fingerprint density at radius 2 is 0.912 bits per heavy atom. The van der Waals surface area contributed by atoms with Crippen LogP contribution in [0, 0.1) is 0 Å². The highest BCUT2D eigenvalue weighted by Crippen LogP contribution is 2.57. The molecule has 0 bridgehead atoms. The van der Waals surface area contributed by atoms with Crippen molar-refractivity contribution < 1.29 is 0 Å². The zero-order valence-electron chi connectivity index (χ0n) is 34.0. The van der Waals surface area contributed by atoms with Gasteiger partial charge in [0.25, 0.3) is 0 Å². The minimum Gasteiger partial charge on any atom is -0.310 e. The third kappa shape index (κ3) is 5.89. The van der Waals surface area contributed by atoms with Gasteiger partial charge >= 0.3 is 0 Å². The second-order valence-corrected chi connectivity index (χ2v) is 17.8. The predicted octanol–water partition coefficient (Wildman–Crippen LogP) is 15.9. The summed E-state index contributed by atoms with van der Waals surface area (Å²) in [4.78, 5) is 2.51. The van der Waals surface area contributed by atoms with Crippen LogP contribution in [0.25, 0.3) is 44.5 Å². The van der Waals surface area contributed by atoms with Gasteiger partial charge in [0.15, 0.2) is 0 Å². The third-order valence-corrected chi connectivity index (χ3v) is 13.8. The maximum Gasteiger partial charge on any atom is 0.0540 e. The van der Waals surface area contributed by atoms with Gasteiger partial charge < -0.3 is 4.90 Å². The smallest absolute Gasteiger partial charge is 0.0540 e. The first-order chi connectivity index (χ1) is 27.8. The SMILES string of the molecule is CC1(C)c2ccccc2-c2c(-c3cccc4c3-c3ccc(N(c5ccc(C6CCCCCCC6)cc5)c5ccccc5-c5ccccc5)cc3C4(C)C)cccc21. The number of anilines is 3. The van der Waals surface area contributed by atoms with E-state index in [0.717, 1.165) is 0 Å². The lowest BCUT2D eigenvalue weighted by Crippen LogP contribution is -2.17. The summed E-state index contributed by atoms with van der Waals surface area (Å²) in [5, 5.41) is 0. The molecule has 7 aromatic rings. The minimum absolute atomic E-state index is 0.0429. The number of rotatable bonds is 6. The van der Waals surface area contributed by atoms with Crippen molar-refractivity contribution in [2.45, 2.75) is 89.4 Å². The van der Waals surface area contributed by atoms with E-state index in [-0.39, 0.29) is 10.8 Å². The highest BCUT2D eigenvalue weighted by molar-refractivity contribution is 6.01. The second kappa shape index (κ2) is 14.1. The zero-order valence-corrected chi connectivity index (χ0v) is 34.0. The van der Waals surface area contributed by atoms with Crippen molar-refractivity contribution >= 4 is 17.1 Å². The fourth-order valence-corrected chi connectivity index (χ4v) is 10.8. The molecule has 0 spiro atoms. The van der Waals surface area contributed by atoms with Crippen LogP contribution >= 0.6 is 0 Å². The number of benzene rings is 7. The molecule has 0 amide bonds. The molecule has 0 N–H and O–H groups in total. The highest BCUT2D eigenvalue weighted by atomic mass is 15.1. The lowest BCUT2D eigenvalue weighted by atomic mass is 9.80. The number of hydrogen-bond acceptors (Lipinski definition) is 1. The summed E-state index contributed by atoms with van der Waals surface area (Å²) < 4.78 is 0. The maximum atomic E-state index is 2.51. The van der Waals surface area contributed by atoms with E-state index in [2.05, 4.69) is 190 Å². The molecule has 10 rings (SSSR count). The Hall–Kier alpha value is -5.66. The zero-order chi connectivity index (χ0) is 38.7. The molecule has 1 heteroatoms. The summed E-state index contributed by atoms with van der Waals surface area (Å²) in [6.45, 7) is 9.60. The van der Waals surface area contributed by atoms with Crippen LogP contribution in [0.2, 0.25) is 0 Å². The molecule has 7 aromatic carbocycles. The van der Waals surface area contributed by atoms with Crippen molar-refractivity contribution in [1.29, 1.82) is 0 Å². The fourth-order valence-electron chi connectivity index (χ4n) is 10.8. The van der Waals surface area contributed by atoms with Crippen LogP contribution in [-0.4, -0.2) is 0 Å². The molecule has 0 atom stereocenters. The molecule has 3 aliphatic rings. The topological polar surface area (TPSA) is 3.24 Å². The van der Waals surface area contributed by atoms with Gasteiger partial charge in [0, 0.05) is 27.8 Å². The van der Waals surface area contributed by atoms with E-state index in [1.165, 1.54) is 134 Å². The number of nitrogens with zero attached hydrogens (tertiary/aromatic N) is 1. The van der Waals surface area contributed by atoms with E-state index >= 15 is 0 Å². The molecular weight excluding hydrogens is 687 g/mol. The average molecular weight is 740 g/mol. The Kier molecular flexibility index (Phi) is 8.82.